The van der Waals surface area contributed by atoms with Gasteiger partial charge in [-0.2, -0.15) is 5.10 Å². The first kappa shape index (κ1) is 15.2. The minimum atomic E-state index is 0.690. The Bertz CT molecular complexity index is 639. The van der Waals surface area contributed by atoms with E-state index in [4.69, 9.17) is 21.1 Å². The van der Waals surface area contributed by atoms with Crippen LogP contribution in [0.15, 0.2) is 47.6 Å². The highest BCUT2D eigenvalue weighted by molar-refractivity contribution is 6.30. The third-order valence-electron chi connectivity index (χ3n) is 2.99. The maximum absolute atomic E-state index is 5.85. The number of methoxy groups -OCH3 is 2. The number of benzene rings is 2. The van der Waals surface area contributed by atoms with Crippen molar-refractivity contribution in [2.75, 3.05) is 19.6 Å². The fourth-order valence-corrected chi connectivity index (χ4v) is 1.96. The van der Waals surface area contributed by atoms with Crippen LogP contribution < -0.4 is 14.9 Å². The van der Waals surface area contributed by atoms with Crippen LogP contribution in [0.1, 0.15) is 12.5 Å². The minimum Gasteiger partial charge on any atom is -0.497 e. The molecule has 0 radical (unpaired) electrons. The molecular weight excluding hydrogens is 288 g/mol. The number of ether oxygens (including phenoxy) is 2. The Morgan fingerprint density at radius 3 is 2.38 bits per heavy atom. The lowest BCUT2D eigenvalue weighted by molar-refractivity contribution is 0.402. The van der Waals surface area contributed by atoms with Crippen LogP contribution in [-0.2, 0) is 0 Å². The summed E-state index contributed by atoms with van der Waals surface area (Å²) in [5.74, 6) is 1.50. The summed E-state index contributed by atoms with van der Waals surface area (Å²) in [7, 11) is 3.26. The molecule has 0 heterocycles. The fraction of sp³-hybridized carbons (Fsp3) is 0.188. The van der Waals surface area contributed by atoms with E-state index in [1.54, 1.807) is 26.4 Å². The van der Waals surface area contributed by atoms with Gasteiger partial charge in [0.1, 0.15) is 11.5 Å². The molecule has 21 heavy (non-hydrogen) atoms. The van der Waals surface area contributed by atoms with Crippen LogP contribution in [0.4, 0.5) is 5.69 Å². The molecule has 0 unspecified atom stereocenters. The molecule has 2 rings (SSSR count). The number of hydrogen-bond acceptors (Lipinski definition) is 4. The van der Waals surface area contributed by atoms with E-state index in [0.29, 0.717) is 5.02 Å². The van der Waals surface area contributed by atoms with Crippen molar-refractivity contribution in [2.24, 2.45) is 5.10 Å². The summed E-state index contributed by atoms with van der Waals surface area (Å²) in [5.41, 5.74) is 5.52. The van der Waals surface area contributed by atoms with Crippen molar-refractivity contribution in [3.05, 3.63) is 53.1 Å². The molecule has 0 atom stereocenters. The SMILES string of the molecule is COc1ccc(OC)c(/C(C)=N\Nc2ccc(Cl)cc2)c1. The Labute approximate surface area is 129 Å². The van der Waals surface area contributed by atoms with E-state index >= 15 is 0 Å². The van der Waals surface area contributed by atoms with E-state index in [9.17, 15) is 0 Å². The Kier molecular flexibility index (Phi) is 5.06. The largest absolute Gasteiger partial charge is 0.497 e. The molecule has 5 heteroatoms. The predicted octanol–water partition coefficient (Wildman–Crippen LogP) is 4.19. The standard InChI is InChI=1S/C16H17ClN2O2/c1-11(18-19-13-6-4-12(17)5-7-13)15-10-14(20-2)8-9-16(15)21-3/h4-10,19H,1-3H3/b18-11-. The number of rotatable bonds is 5. The fourth-order valence-electron chi connectivity index (χ4n) is 1.83. The summed E-state index contributed by atoms with van der Waals surface area (Å²) in [6.07, 6.45) is 0. The van der Waals surface area contributed by atoms with Gasteiger partial charge in [-0.3, -0.25) is 5.43 Å². The number of halogens is 1. The Hall–Kier alpha value is -2.20. The number of nitrogens with zero attached hydrogens (tertiary/aromatic N) is 1. The second-order valence-corrected chi connectivity index (χ2v) is 4.82. The molecular formula is C16H17ClN2O2. The van der Waals surface area contributed by atoms with Crippen molar-refractivity contribution >= 4 is 23.0 Å². The van der Waals surface area contributed by atoms with Crippen LogP contribution in [0.2, 0.25) is 5.02 Å². The molecule has 0 aromatic heterocycles. The molecule has 0 amide bonds. The highest BCUT2D eigenvalue weighted by Crippen LogP contribution is 2.24. The third-order valence-corrected chi connectivity index (χ3v) is 3.25. The van der Waals surface area contributed by atoms with Gasteiger partial charge in [-0.05, 0) is 49.4 Å². The van der Waals surface area contributed by atoms with Crippen molar-refractivity contribution in [3.63, 3.8) is 0 Å². The Balaban J connectivity index is 2.23. The monoisotopic (exact) mass is 304 g/mol. The van der Waals surface area contributed by atoms with Gasteiger partial charge in [-0.15, -0.1) is 0 Å². The van der Waals surface area contributed by atoms with Crippen molar-refractivity contribution in [3.8, 4) is 11.5 Å². The molecule has 0 aliphatic rings. The quantitative estimate of drug-likeness (QED) is 0.665. The van der Waals surface area contributed by atoms with Crippen LogP contribution in [0.3, 0.4) is 0 Å². The molecule has 0 aliphatic carbocycles. The zero-order valence-electron chi connectivity index (χ0n) is 12.2. The van der Waals surface area contributed by atoms with E-state index in [2.05, 4.69) is 10.5 Å². The van der Waals surface area contributed by atoms with Crippen molar-refractivity contribution in [2.45, 2.75) is 6.92 Å². The summed E-state index contributed by atoms with van der Waals surface area (Å²) in [6, 6.07) is 12.9. The average molecular weight is 305 g/mol. The van der Waals surface area contributed by atoms with E-state index in [1.807, 2.05) is 37.3 Å². The van der Waals surface area contributed by atoms with E-state index < -0.39 is 0 Å². The van der Waals surface area contributed by atoms with Crippen LogP contribution in [0.5, 0.6) is 11.5 Å². The lowest BCUT2D eigenvalue weighted by atomic mass is 10.1. The van der Waals surface area contributed by atoms with Gasteiger partial charge in [-0.1, -0.05) is 11.6 Å². The number of hydrazone groups is 1. The van der Waals surface area contributed by atoms with Gasteiger partial charge in [0.15, 0.2) is 0 Å². The van der Waals surface area contributed by atoms with Crippen molar-refractivity contribution in [1.29, 1.82) is 0 Å². The van der Waals surface area contributed by atoms with Gasteiger partial charge in [0, 0.05) is 10.6 Å². The molecule has 0 saturated heterocycles. The van der Waals surface area contributed by atoms with Crippen LogP contribution >= 0.6 is 11.6 Å². The molecule has 4 nitrogen and oxygen atoms in total. The molecule has 2 aromatic carbocycles. The molecule has 2 aromatic rings. The number of hydrogen-bond donors (Lipinski definition) is 1. The molecule has 0 fully saturated rings. The first-order valence-corrected chi connectivity index (χ1v) is 6.80. The third kappa shape index (κ3) is 3.89. The summed E-state index contributed by atoms with van der Waals surface area (Å²) >= 11 is 5.85. The Morgan fingerprint density at radius 2 is 1.76 bits per heavy atom. The van der Waals surface area contributed by atoms with E-state index in [1.165, 1.54) is 0 Å². The number of nitrogens with one attached hydrogen (secondary N) is 1. The minimum absolute atomic E-state index is 0.690. The maximum Gasteiger partial charge on any atom is 0.128 e. The van der Waals surface area contributed by atoms with Crippen LogP contribution in [0, 0.1) is 0 Å². The van der Waals surface area contributed by atoms with Gasteiger partial charge in [0.2, 0.25) is 0 Å². The molecule has 0 bridgehead atoms. The smallest absolute Gasteiger partial charge is 0.128 e. The summed E-state index contributed by atoms with van der Waals surface area (Å²) < 4.78 is 10.6. The van der Waals surface area contributed by atoms with Gasteiger partial charge in [0.05, 0.1) is 25.6 Å². The van der Waals surface area contributed by atoms with Gasteiger partial charge in [0.25, 0.3) is 0 Å². The predicted molar refractivity (Wildman–Crippen MR) is 86.8 cm³/mol. The van der Waals surface area contributed by atoms with Crippen molar-refractivity contribution < 1.29 is 9.47 Å². The first-order valence-electron chi connectivity index (χ1n) is 6.42. The second-order valence-electron chi connectivity index (χ2n) is 4.38. The molecule has 0 saturated carbocycles. The van der Waals surface area contributed by atoms with Crippen molar-refractivity contribution in [1.82, 2.24) is 0 Å². The summed E-state index contributed by atoms with van der Waals surface area (Å²) in [5, 5.41) is 5.06. The topological polar surface area (TPSA) is 42.9 Å². The van der Waals surface area contributed by atoms with Crippen LogP contribution in [-0.4, -0.2) is 19.9 Å². The van der Waals surface area contributed by atoms with Gasteiger partial charge >= 0.3 is 0 Å². The van der Waals surface area contributed by atoms with Gasteiger partial charge < -0.3 is 9.47 Å². The average Bonchev–Trinajstić information content (AvgIpc) is 2.53. The highest BCUT2D eigenvalue weighted by Gasteiger charge is 2.08. The lowest BCUT2D eigenvalue weighted by Gasteiger charge is -2.10. The van der Waals surface area contributed by atoms with Gasteiger partial charge in [-0.25, -0.2) is 0 Å². The zero-order valence-corrected chi connectivity index (χ0v) is 12.9. The second kappa shape index (κ2) is 6.99. The zero-order chi connectivity index (χ0) is 15.2. The lowest BCUT2D eigenvalue weighted by Crippen LogP contribution is -2.03. The van der Waals surface area contributed by atoms with E-state index in [0.717, 1.165) is 28.5 Å². The Morgan fingerprint density at radius 1 is 1.05 bits per heavy atom. The molecule has 1 N–H and O–H groups in total. The summed E-state index contributed by atoms with van der Waals surface area (Å²) in [6.45, 7) is 1.90. The molecule has 110 valence electrons. The highest BCUT2D eigenvalue weighted by atomic mass is 35.5. The normalized spacial score (nSPS) is 11.1. The summed E-state index contributed by atoms with van der Waals surface area (Å²) in [4.78, 5) is 0. The van der Waals surface area contributed by atoms with E-state index in [-0.39, 0.29) is 0 Å². The molecule has 0 aliphatic heterocycles. The number of anilines is 1. The maximum atomic E-state index is 5.85. The van der Waals surface area contributed by atoms with Crippen LogP contribution in [0.25, 0.3) is 0 Å². The molecule has 0 spiro atoms. The first-order chi connectivity index (χ1) is 10.1.